The maximum atomic E-state index is 12.8. The van der Waals surface area contributed by atoms with Gasteiger partial charge in [0, 0.05) is 6.42 Å². The van der Waals surface area contributed by atoms with Crippen LogP contribution in [0.25, 0.3) is 0 Å². The Kier molecular flexibility index (Phi) is 10.6. The molecule has 0 aromatic rings. The van der Waals surface area contributed by atoms with Crippen molar-refractivity contribution in [2.75, 3.05) is 0 Å². The predicted octanol–water partition coefficient (Wildman–Crippen LogP) is 6.98. The van der Waals surface area contributed by atoms with Crippen LogP contribution in [-0.2, 0) is 4.79 Å². The lowest BCUT2D eigenvalue weighted by atomic mass is 9.80. The highest BCUT2D eigenvalue weighted by atomic mass is 19.4. The number of halogens is 5. The monoisotopic (exact) mass is 374 g/mol. The van der Waals surface area contributed by atoms with Crippen molar-refractivity contribution in [3.63, 3.8) is 0 Å². The molecule has 0 aliphatic rings. The summed E-state index contributed by atoms with van der Waals surface area (Å²) in [5.74, 6) is -5.59. The summed E-state index contributed by atoms with van der Waals surface area (Å²) in [6.07, 6.45) is 0.555. The quantitative estimate of drug-likeness (QED) is 0.263. The molecule has 0 radical (unpaired) electrons. The number of carboxylic acid groups (broad SMARTS) is 1. The number of rotatable bonds is 14. The van der Waals surface area contributed by atoms with Gasteiger partial charge in [-0.2, -0.15) is 22.0 Å². The van der Waals surface area contributed by atoms with Crippen molar-refractivity contribution < 1.29 is 31.9 Å². The van der Waals surface area contributed by atoms with Crippen LogP contribution in [0.2, 0.25) is 0 Å². The van der Waals surface area contributed by atoms with E-state index in [1.54, 1.807) is 6.92 Å². The lowest BCUT2D eigenvalue weighted by molar-refractivity contribution is -0.284. The van der Waals surface area contributed by atoms with E-state index in [1.807, 2.05) is 0 Å². The molecule has 0 amide bonds. The van der Waals surface area contributed by atoms with Gasteiger partial charge >= 0.3 is 18.1 Å². The fraction of sp³-hybridized carbons (Fsp3) is 0.944. The molecule has 0 saturated carbocycles. The van der Waals surface area contributed by atoms with Gasteiger partial charge in [0.05, 0.1) is 5.41 Å². The first kappa shape index (κ1) is 24.1. The summed E-state index contributed by atoms with van der Waals surface area (Å²) in [6.45, 7) is 3.75. The van der Waals surface area contributed by atoms with Gasteiger partial charge in [-0.25, -0.2) is 0 Å². The smallest absolute Gasteiger partial charge is 0.453 e. The Balaban J connectivity index is 4.12. The Bertz CT molecular complexity index is 382. The number of hydrogen-bond donors (Lipinski definition) is 1. The van der Waals surface area contributed by atoms with Crippen LogP contribution in [-0.4, -0.2) is 23.2 Å². The van der Waals surface area contributed by atoms with Crippen LogP contribution in [0.15, 0.2) is 0 Å². The Morgan fingerprint density at radius 1 is 0.760 bits per heavy atom. The molecule has 0 fully saturated rings. The summed E-state index contributed by atoms with van der Waals surface area (Å²) in [4.78, 5) is 11.5. The standard InChI is InChI=1S/C18H31F5O2/c1-3-4-5-6-7-9-12-16(2,15(24)25)13-10-8-11-14-17(19,20)18(21,22)23/h3-14H2,1-2H3,(H,24,25). The summed E-state index contributed by atoms with van der Waals surface area (Å²) in [7, 11) is 0. The number of carbonyl (C=O) groups is 1. The Hall–Kier alpha value is -0.880. The third-order valence-corrected chi connectivity index (χ3v) is 4.73. The van der Waals surface area contributed by atoms with Crippen molar-refractivity contribution in [2.45, 2.75) is 103 Å². The van der Waals surface area contributed by atoms with Gasteiger partial charge < -0.3 is 5.11 Å². The Labute approximate surface area is 147 Å². The maximum Gasteiger partial charge on any atom is 0.453 e. The van der Waals surface area contributed by atoms with Crippen LogP contribution < -0.4 is 0 Å². The van der Waals surface area contributed by atoms with E-state index in [2.05, 4.69) is 6.92 Å². The highest BCUT2D eigenvalue weighted by Gasteiger charge is 2.56. The summed E-state index contributed by atoms with van der Waals surface area (Å²) >= 11 is 0. The van der Waals surface area contributed by atoms with E-state index in [0.717, 1.165) is 32.1 Å². The predicted molar refractivity (Wildman–Crippen MR) is 87.8 cm³/mol. The van der Waals surface area contributed by atoms with Gasteiger partial charge in [0.15, 0.2) is 0 Å². The zero-order valence-electron chi connectivity index (χ0n) is 15.2. The Morgan fingerprint density at radius 3 is 1.60 bits per heavy atom. The van der Waals surface area contributed by atoms with Crippen LogP contribution in [0.1, 0.15) is 90.9 Å². The van der Waals surface area contributed by atoms with E-state index in [-0.39, 0.29) is 12.8 Å². The van der Waals surface area contributed by atoms with E-state index in [9.17, 15) is 31.9 Å². The van der Waals surface area contributed by atoms with Crippen molar-refractivity contribution in [1.82, 2.24) is 0 Å². The SMILES string of the molecule is CCCCCCCCC(C)(CCCCCC(F)(F)C(F)(F)F)C(=O)O. The largest absolute Gasteiger partial charge is 0.481 e. The molecule has 1 unspecified atom stereocenters. The molecule has 25 heavy (non-hydrogen) atoms. The normalized spacial score (nSPS) is 15.2. The van der Waals surface area contributed by atoms with Crippen LogP contribution in [0.4, 0.5) is 22.0 Å². The van der Waals surface area contributed by atoms with Crippen molar-refractivity contribution in [3.05, 3.63) is 0 Å². The highest BCUT2D eigenvalue weighted by molar-refractivity contribution is 5.74. The zero-order chi connectivity index (χ0) is 19.6. The second-order valence-corrected chi connectivity index (χ2v) is 7.15. The van der Waals surface area contributed by atoms with Crippen molar-refractivity contribution in [2.24, 2.45) is 5.41 Å². The van der Waals surface area contributed by atoms with Crippen LogP contribution >= 0.6 is 0 Å². The lowest BCUT2D eigenvalue weighted by Gasteiger charge is -2.25. The van der Waals surface area contributed by atoms with E-state index in [1.165, 1.54) is 6.42 Å². The van der Waals surface area contributed by atoms with Crippen molar-refractivity contribution in [1.29, 1.82) is 0 Å². The van der Waals surface area contributed by atoms with Gasteiger partial charge in [-0.15, -0.1) is 0 Å². The minimum atomic E-state index is -5.51. The number of unbranched alkanes of at least 4 members (excludes halogenated alkanes) is 7. The van der Waals surface area contributed by atoms with Crippen molar-refractivity contribution >= 4 is 5.97 Å². The molecule has 1 atom stereocenters. The first-order valence-electron chi connectivity index (χ1n) is 9.14. The Morgan fingerprint density at radius 2 is 1.16 bits per heavy atom. The minimum absolute atomic E-state index is 0.172. The molecule has 0 heterocycles. The maximum absolute atomic E-state index is 12.8. The van der Waals surface area contributed by atoms with Crippen LogP contribution in [0.3, 0.4) is 0 Å². The number of aliphatic carboxylic acids is 1. The second-order valence-electron chi connectivity index (χ2n) is 7.15. The highest BCUT2D eigenvalue weighted by Crippen LogP contribution is 2.39. The second kappa shape index (κ2) is 11.0. The van der Waals surface area contributed by atoms with Gasteiger partial charge in [0.25, 0.3) is 0 Å². The average Bonchev–Trinajstić information content (AvgIpc) is 2.49. The molecule has 150 valence electrons. The molecule has 0 aromatic carbocycles. The third kappa shape index (κ3) is 9.40. The summed E-state index contributed by atoms with van der Waals surface area (Å²) in [5.41, 5.74) is -0.933. The van der Waals surface area contributed by atoms with E-state index >= 15 is 0 Å². The van der Waals surface area contributed by atoms with E-state index in [0.29, 0.717) is 19.3 Å². The lowest BCUT2D eigenvalue weighted by Crippen LogP contribution is -2.36. The molecular formula is C18H31F5O2. The topological polar surface area (TPSA) is 37.3 Å². The molecule has 0 spiro atoms. The molecule has 0 bridgehead atoms. The number of hydrogen-bond acceptors (Lipinski definition) is 1. The van der Waals surface area contributed by atoms with Gasteiger partial charge in [-0.3, -0.25) is 4.79 Å². The number of carboxylic acids is 1. The summed E-state index contributed by atoms with van der Waals surface area (Å²) in [5, 5.41) is 9.40. The van der Waals surface area contributed by atoms with Gasteiger partial charge in [-0.1, -0.05) is 58.3 Å². The van der Waals surface area contributed by atoms with E-state index < -0.39 is 29.9 Å². The molecule has 7 heteroatoms. The fourth-order valence-electron chi connectivity index (χ4n) is 2.82. The van der Waals surface area contributed by atoms with Crippen LogP contribution in [0, 0.1) is 5.41 Å². The summed E-state index contributed by atoms with van der Waals surface area (Å²) < 4.78 is 61.8. The molecule has 0 aliphatic heterocycles. The van der Waals surface area contributed by atoms with Gasteiger partial charge in [0.2, 0.25) is 0 Å². The zero-order valence-corrected chi connectivity index (χ0v) is 15.2. The van der Waals surface area contributed by atoms with Gasteiger partial charge in [0.1, 0.15) is 0 Å². The van der Waals surface area contributed by atoms with Gasteiger partial charge in [-0.05, 0) is 26.2 Å². The first-order valence-corrected chi connectivity index (χ1v) is 9.14. The fourth-order valence-corrected chi connectivity index (χ4v) is 2.82. The first-order chi connectivity index (χ1) is 11.5. The molecule has 2 nitrogen and oxygen atoms in total. The molecule has 0 aromatic heterocycles. The summed E-state index contributed by atoms with van der Waals surface area (Å²) in [6, 6.07) is 0. The molecule has 1 N–H and O–H groups in total. The third-order valence-electron chi connectivity index (χ3n) is 4.73. The number of alkyl halides is 5. The molecule has 0 saturated heterocycles. The van der Waals surface area contributed by atoms with Crippen molar-refractivity contribution in [3.8, 4) is 0 Å². The van der Waals surface area contributed by atoms with Crippen LogP contribution in [0.5, 0.6) is 0 Å². The van der Waals surface area contributed by atoms with E-state index in [4.69, 9.17) is 0 Å². The average molecular weight is 374 g/mol. The molecular weight excluding hydrogens is 343 g/mol. The minimum Gasteiger partial charge on any atom is -0.481 e. The molecule has 0 aliphatic carbocycles. The molecule has 0 rings (SSSR count).